The Morgan fingerprint density at radius 3 is 2.64 bits per heavy atom. The number of benzene rings is 1. The second-order valence-electron chi connectivity index (χ2n) is 7.30. The van der Waals surface area contributed by atoms with Crippen LogP contribution in [0.2, 0.25) is 0 Å². The summed E-state index contributed by atoms with van der Waals surface area (Å²) in [5.41, 5.74) is 2.76. The fourth-order valence-electron chi connectivity index (χ4n) is 3.38. The molecule has 0 radical (unpaired) electrons. The molecular formula is C20H23BrN4O3. The summed E-state index contributed by atoms with van der Waals surface area (Å²) in [6.45, 7) is 8.05. The summed E-state index contributed by atoms with van der Waals surface area (Å²) in [6, 6.07) is 6.75. The number of nitrogens with zero attached hydrogens (tertiary/aromatic N) is 2. The Hall–Kier alpha value is -2.61. The molecule has 148 valence electrons. The number of carbonyl (C=O) groups is 2. The Balaban J connectivity index is 1.86. The first kappa shape index (κ1) is 20.1. The Bertz CT molecular complexity index is 891. The average Bonchev–Trinajstić information content (AvgIpc) is 3.26. The van der Waals surface area contributed by atoms with Crippen molar-refractivity contribution < 1.29 is 14.7 Å². The molecule has 1 aromatic carbocycles. The molecule has 7 nitrogen and oxygen atoms in total. The molecule has 0 bridgehead atoms. The van der Waals surface area contributed by atoms with E-state index in [0.717, 1.165) is 21.3 Å². The summed E-state index contributed by atoms with van der Waals surface area (Å²) >= 11 is 3.42. The zero-order valence-corrected chi connectivity index (χ0v) is 17.4. The van der Waals surface area contributed by atoms with Crippen molar-refractivity contribution in [2.45, 2.75) is 32.4 Å². The molecule has 28 heavy (non-hydrogen) atoms. The van der Waals surface area contributed by atoms with Crippen molar-refractivity contribution in [3.05, 3.63) is 52.9 Å². The summed E-state index contributed by atoms with van der Waals surface area (Å²) in [5, 5.41) is 11.4. The maximum atomic E-state index is 13.1. The highest BCUT2D eigenvalue weighted by atomic mass is 79.9. The Morgan fingerprint density at radius 1 is 1.36 bits per heavy atom. The molecule has 2 aromatic rings. The molecule has 8 heteroatoms. The van der Waals surface area contributed by atoms with Gasteiger partial charge in [0.25, 0.3) is 0 Å². The van der Waals surface area contributed by atoms with Crippen LogP contribution in [0.1, 0.15) is 32.1 Å². The monoisotopic (exact) mass is 446 g/mol. The molecule has 3 N–H and O–H groups in total. The predicted molar refractivity (Wildman–Crippen MR) is 110 cm³/mol. The maximum Gasteiger partial charge on any atom is 0.405 e. The molecule has 2 heterocycles. The highest BCUT2D eigenvalue weighted by molar-refractivity contribution is 9.10. The SMILES string of the molecule is C=C1CC(c2ncc(-c3ccc(Br)cc3)[nH]2)N(C(=O)C(NC(=O)O)C(C)C)C1. The van der Waals surface area contributed by atoms with Crippen LogP contribution in [0, 0.1) is 5.92 Å². The van der Waals surface area contributed by atoms with Gasteiger partial charge in [-0.25, -0.2) is 9.78 Å². The first-order chi connectivity index (χ1) is 13.3. The summed E-state index contributed by atoms with van der Waals surface area (Å²) in [5.74, 6) is 0.235. The number of aromatic nitrogens is 2. The van der Waals surface area contributed by atoms with Gasteiger partial charge in [0.1, 0.15) is 11.9 Å². The number of nitrogens with one attached hydrogen (secondary N) is 2. The molecule has 0 spiro atoms. The second kappa shape index (κ2) is 8.18. The lowest BCUT2D eigenvalue weighted by Crippen LogP contribution is -2.50. The van der Waals surface area contributed by atoms with E-state index < -0.39 is 12.1 Å². The van der Waals surface area contributed by atoms with Gasteiger partial charge in [-0.2, -0.15) is 0 Å². The molecule has 1 fully saturated rings. The number of carboxylic acid groups (broad SMARTS) is 1. The van der Waals surface area contributed by atoms with Crippen molar-refractivity contribution in [3.63, 3.8) is 0 Å². The zero-order chi connectivity index (χ0) is 20.4. The molecule has 3 rings (SSSR count). The van der Waals surface area contributed by atoms with Gasteiger partial charge in [0, 0.05) is 11.0 Å². The van der Waals surface area contributed by atoms with Gasteiger partial charge in [0.15, 0.2) is 0 Å². The van der Waals surface area contributed by atoms with E-state index in [-0.39, 0.29) is 17.9 Å². The predicted octanol–water partition coefficient (Wildman–Crippen LogP) is 3.96. The molecule has 0 saturated carbocycles. The van der Waals surface area contributed by atoms with E-state index in [2.05, 4.69) is 37.8 Å². The van der Waals surface area contributed by atoms with Gasteiger partial charge in [-0.3, -0.25) is 4.79 Å². The van der Waals surface area contributed by atoms with Crippen molar-refractivity contribution in [3.8, 4) is 11.3 Å². The molecule has 2 amide bonds. The number of hydrogen-bond acceptors (Lipinski definition) is 3. The van der Waals surface area contributed by atoms with E-state index in [1.165, 1.54) is 0 Å². The van der Waals surface area contributed by atoms with Crippen molar-refractivity contribution in [2.24, 2.45) is 5.92 Å². The molecule has 1 saturated heterocycles. The van der Waals surface area contributed by atoms with Gasteiger partial charge in [-0.05, 0) is 30.0 Å². The number of carbonyl (C=O) groups excluding carboxylic acids is 1. The number of H-pyrrole nitrogens is 1. The largest absolute Gasteiger partial charge is 0.465 e. The normalized spacial score (nSPS) is 17.8. The quantitative estimate of drug-likeness (QED) is 0.605. The number of halogens is 1. The van der Waals surface area contributed by atoms with Crippen LogP contribution in [0.3, 0.4) is 0 Å². The van der Waals surface area contributed by atoms with E-state index in [9.17, 15) is 9.59 Å². The third-order valence-electron chi connectivity index (χ3n) is 4.81. The third-order valence-corrected chi connectivity index (χ3v) is 5.34. The molecule has 0 aliphatic carbocycles. The third kappa shape index (κ3) is 4.27. The lowest BCUT2D eigenvalue weighted by molar-refractivity contribution is -0.135. The van der Waals surface area contributed by atoms with Crippen molar-refractivity contribution >= 4 is 27.9 Å². The molecule has 2 atom stereocenters. The maximum absolute atomic E-state index is 13.1. The first-order valence-electron chi connectivity index (χ1n) is 9.03. The van der Waals surface area contributed by atoms with Crippen LogP contribution in [0.15, 0.2) is 47.1 Å². The Kier molecular flexibility index (Phi) is 5.88. The van der Waals surface area contributed by atoms with Crippen LogP contribution in [0.4, 0.5) is 4.79 Å². The van der Waals surface area contributed by atoms with Crippen LogP contribution < -0.4 is 5.32 Å². The van der Waals surface area contributed by atoms with Crippen molar-refractivity contribution in [1.82, 2.24) is 20.2 Å². The summed E-state index contributed by atoms with van der Waals surface area (Å²) in [4.78, 5) is 33.6. The first-order valence-corrected chi connectivity index (χ1v) is 9.83. The van der Waals surface area contributed by atoms with E-state index in [1.807, 2.05) is 38.1 Å². The Labute approximate surface area is 172 Å². The minimum absolute atomic E-state index is 0.173. The molecule has 1 aromatic heterocycles. The summed E-state index contributed by atoms with van der Waals surface area (Å²) in [7, 11) is 0. The van der Waals surface area contributed by atoms with Crippen LogP contribution in [0.25, 0.3) is 11.3 Å². The van der Waals surface area contributed by atoms with Gasteiger partial charge in [0.05, 0.1) is 17.9 Å². The van der Waals surface area contributed by atoms with Crippen LogP contribution in [-0.2, 0) is 4.79 Å². The van der Waals surface area contributed by atoms with Crippen LogP contribution in [-0.4, -0.2) is 44.6 Å². The average molecular weight is 447 g/mol. The molecular weight excluding hydrogens is 424 g/mol. The smallest absolute Gasteiger partial charge is 0.405 e. The van der Waals surface area contributed by atoms with Gasteiger partial charge in [-0.15, -0.1) is 0 Å². The molecule has 2 unspecified atom stereocenters. The van der Waals surface area contributed by atoms with Crippen molar-refractivity contribution in [2.75, 3.05) is 6.54 Å². The van der Waals surface area contributed by atoms with Crippen LogP contribution >= 0.6 is 15.9 Å². The van der Waals surface area contributed by atoms with Gasteiger partial charge < -0.3 is 20.3 Å². The summed E-state index contributed by atoms with van der Waals surface area (Å²) in [6.07, 6.45) is 1.13. The van der Waals surface area contributed by atoms with E-state index >= 15 is 0 Å². The highest BCUT2D eigenvalue weighted by Crippen LogP contribution is 2.35. The molecule has 1 aliphatic rings. The highest BCUT2D eigenvalue weighted by Gasteiger charge is 2.38. The van der Waals surface area contributed by atoms with Crippen LogP contribution in [0.5, 0.6) is 0 Å². The zero-order valence-electron chi connectivity index (χ0n) is 15.8. The fourth-order valence-corrected chi connectivity index (χ4v) is 3.65. The van der Waals surface area contributed by atoms with E-state index in [4.69, 9.17) is 5.11 Å². The van der Waals surface area contributed by atoms with Gasteiger partial charge >= 0.3 is 6.09 Å². The van der Waals surface area contributed by atoms with Gasteiger partial charge in [0.2, 0.25) is 5.91 Å². The minimum atomic E-state index is -1.21. The van der Waals surface area contributed by atoms with Gasteiger partial charge in [-0.1, -0.05) is 54.1 Å². The van der Waals surface area contributed by atoms with E-state index in [1.54, 1.807) is 11.1 Å². The van der Waals surface area contributed by atoms with Crippen molar-refractivity contribution in [1.29, 1.82) is 0 Å². The Morgan fingerprint density at radius 2 is 2.04 bits per heavy atom. The number of hydrogen-bond donors (Lipinski definition) is 3. The second-order valence-corrected chi connectivity index (χ2v) is 8.21. The standard InChI is InChI=1S/C20H23BrN4O3/c1-11(2)17(24-20(27)28)19(26)25-10-12(3)8-16(25)18-22-9-15(23-18)13-4-6-14(21)7-5-13/h4-7,9,11,16-17,24H,3,8,10H2,1-2H3,(H,22,23)(H,27,28). The number of rotatable bonds is 5. The topological polar surface area (TPSA) is 98.3 Å². The number of amides is 2. The fraction of sp³-hybridized carbons (Fsp3) is 0.350. The minimum Gasteiger partial charge on any atom is -0.465 e. The number of likely N-dealkylation sites (tertiary alicyclic amines) is 1. The van der Waals surface area contributed by atoms with E-state index in [0.29, 0.717) is 18.8 Å². The molecule has 1 aliphatic heterocycles. The summed E-state index contributed by atoms with van der Waals surface area (Å²) < 4.78 is 0.991. The number of aromatic amines is 1. The lowest BCUT2D eigenvalue weighted by atomic mass is 10.0. The lowest BCUT2D eigenvalue weighted by Gasteiger charge is -2.29. The number of imidazole rings is 1.